The van der Waals surface area contributed by atoms with Crippen LogP contribution in [0.5, 0.6) is 5.75 Å². The van der Waals surface area contributed by atoms with Crippen LogP contribution in [0, 0.1) is 11.3 Å². The summed E-state index contributed by atoms with van der Waals surface area (Å²) in [6.45, 7) is 8.62. The van der Waals surface area contributed by atoms with E-state index >= 15 is 0 Å². The van der Waals surface area contributed by atoms with E-state index in [1.54, 1.807) is 31.1 Å². The van der Waals surface area contributed by atoms with Gasteiger partial charge in [0.05, 0.1) is 23.4 Å². The molecule has 242 valence electrons. The minimum Gasteiger partial charge on any atom is -0.493 e. The number of likely N-dealkylation sites (N-methyl/N-ethyl adjacent to an activating group) is 1. The Labute approximate surface area is 267 Å². The second kappa shape index (κ2) is 13.7. The third-order valence-corrected chi connectivity index (χ3v) is 9.42. The fraction of sp³-hybridized carbons (Fsp3) is 0.541. The van der Waals surface area contributed by atoms with Crippen LogP contribution in [0.2, 0.25) is 0 Å². The molecule has 1 saturated heterocycles. The number of hydrogen-bond donors (Lipinski definition) is 1. The van der Waals surface area contributed by atoms with Gasteiger partial charge < -0.3 is 24.2 Å². The number of benzene rings is 2. The van der Waals surface area contributed by atoms with Crippen molar-refractivity contribution < 1.29 is 24.2 Å². The quantitative estimate of drug-likeness (QED) is 0.275. The highest BCUT2D eigenvalue weighted by Gasteiger charge is 2.29. The van der Waals surface area contributed by atoms with Crippen molar-refractivity contribution in [2.24, 2.45) is 11.3 Å². The molecule has 2 heterocycles. The van der Waals surface area contributed by atoms with Gasteiger partial charge in [0.25, 0.3) is 0 Å². The Morgan fingerprint density at radius 1 is 0.933 bits per heavy atom. The molecule has 1 aliphatic heterocycles. The Morgan fingerprint density at radius 3 is 2.20 bits per heavy atom. The highest BCUT2D eigenvalue weighted by Crippen LogP contribution is 2.44. The number of carbonyl (C=O) groups excluding carboxylic acids is 2. The third-order valence-electron chi connectivity index (χ3n) is 9.42. The lowest BCUT2D eigenvalue weighted by Gasteiger charge is -2.33. The first kappa shape index (κ1) is 32.6. The molecule has 8 heteroatoms. The lowest BCUT2D eigenvalue weighted by molar-refractivity contribution is -0.134. The number of fused-ring (bicyclic) bond motifs is 1. The highest BCUT2D eigenvalue weighted by molar-refractivity contribution is 5.99. The summed E-state index contributed by atoms with van der Waals surface area (Å²) in [6.07, 6.45) is 8.17. The third kappa shape index (κ3) is 7.71. The van der Waals surface area contributed by atoms with E-state index in [2.05, 4.69) is 32.9 Å². The number of amides is 2. The first-order chi connectivity index (χ1) is 21.4. The van der Waals surface area contributed by atoms with Crippen LogP contribution in [0.15, 0.2) is 42.5 Å². The first-order valence-electron chi connectivity index (χ1n) is 16.5. The largest absolute Gasteiger partial charge is 0.493 e. The minimum atomic E-state index is -0.979. The number of aromatic nitrogens is 1. The molecule has 2 aromatic carbocycles. The summed E-state index contributed by atoms with van der Waals surface area (Å²) in [4.78, 5) is 41.3. The lowest BCUT2D eigenvalue weighted by Crippen LogP contribution is -2.40. The number of hydrogen-bond acceptors (Lipinski definition) is 4. The van der Waals surface area contributed by atoms with Crippen LogP contribution in [0.3, 0.4) is 0 Å². The average Bonchev–Trinajstić information content (AvgIpc) is 3.33. The Bertz CT molecular complexity index is 1520. The van der Waals surface area contributed by atoms with E-state index < -0.39 is 5.97 Å². The van der Waals surface area contributed by atoms with Gasteiger partial charge in [0.15, 0.2) is 0 Å². The van der Waals surface area contributed by atoms with E-state index in [4.69, 9.17) is 4.74 Å². The molecule has 8 nitrogen and oxygen atoms in total. The maximum absolute atomic E-state index is 13.1. The summed E-state index contributed by atoms with van der Waals surface area (Å²) in [5.41, 5.74) is 4.20. The molecule has 45 heavy (non-hydrogen) atoms. The molecule has 2 fully saturated rings. The monoisotopic (exact) mass is 615 g/mol. The Kier molecular flexibility index (Phi) is 9.90. The number of carboxylic acids is 1. The first-order valence-corrected chi connectivity index (χ1v) is 16.5. The van der Waals surface area contributed by atoms with Gasteiger partial charge in [-0.05, 0) is 90.5 Å². The Hall–Kier alpha value is -3.81. The summed E-state index contributed by atoms with van der Waals surface area (Å²) in [7, 11) is 3.50. The zero-order valence-corrected chi connectivity index (χ0v) is 27.6. The fourth-order valence-electron chi connectivity index (χ4n) is 6.90. The van der Waals surface area contributed by atoms with Gasteiger partial charge in [-0.2, -0.15) is 0 Å². The van der Waals surface area contributed by atoms with Crippen LogP contribution in [0.1, 0.15) is 94.0 Å². The summed E-state index contributed by atoms with van der Waals surface area (Å²) >= 11 is 0. The Balaban J connectivity index is 1.40. The molecule has 0 atom stereocenters. The standard InChI is InChI=1S/C37H49N3O5/c1-37(2,3)22-32(41)39-19-17-25(18-20-39)24-45-29-14-11-27(12-15-29)35-34(26-9-7-6-8-10-26)30-16-13-28(36(43)44)21-31(30)40(35)23-33(42)38(4)5/h11-16,21,25-26H,6-10,17-20,22-24H2,1-5H3,(H,43,44). The van der Waals surface area contributed by atoms with Crippen LogP contribution < -0.4 is 4.74 Å². The molecule has 0 unspecified atom stereocenters. The van der Waals surface area contributed by atoms with E-state index in [0.717, 1.165) is 79.5 Å². The van der Waals surface area contributed by atoms with Crippen molar-refractivity contribution >= 4 is 28.7 Å². The molecule has 2 aliphatic rings. The number of piperidine rings is 1. The van der Waals surface area contributed by atoms with Crippen molar-refractivity contribution in [2.45, 2.75) is 84.6 Å². The zero-order chi connectivity index (χ0) is 32.3. The van der Waals surface area contributed by atoms with Crippen molar-refractivity contribution in [3.63, 3.8) is 0 Å². The predicted molar refractivity (Wildman–Crippen MR) is 178 cm³/mol. The Morgan fingerprint density at radius 2 is 1.60 bits per heavy atom. The van der Waals surface area contributed by atoms with Crippen LogP contribution >= 0.6 is 0 Å². The summed E-state index contributed by atoms with van der Waals surface area (Å²) in [5.74, 6) is 0.769. The minimum absolute atomic E-state index is 0.00195. The van der Waals surface area contributed by atoms with E-state index in [9.17, 15) is 19.5 Å². The lowest BCUT2D eigenvalue weighted by atomic mass is 9.81. The summed E-state index contributed by atoms with van der Waals surface area (Å²) in [5, 5.41) is 10.8. The van der Waals surface area contributed by atoms with Gasteiger partial charge in [0.1, 0.15) is 12.3 Å². The number of nitrogens with zero attached hydrogens (tertiary/aromatic N) is 3. The number of rotatable bonds is 9. The van der Waals surface area contributed by atoms with Crippen LogP contribution in [0.4, 0.5) is 0 Å². The number of aromatic carboxylic acids is 1. The molecule has 0 bridgehead atoms. The number of likely N-dealkylation sites (tertiary alicyclic amines) is 1. The van der Waals surface area contributed by atoms with E-state index in [-0.39, 0.29) is 29.3 Å². The van der Waals surface area contributed by atoms with Crippen LogP contribution in [-0.4, -0.2) is 71.0 Å². The van der Waals surface area contributed by atoms with E-state index in [0.29, 0.717) is 24.9 Å². The number of carboxylic acid groups (broad SMARTS) is 1. The molecule has 2 amide bonds. The summed E-state index contributed by atoms with van der Waals surface area (Å²) in [6, 6.07) is 13.5. The second-order valence-electron chi connectivity index (χ2n) is 14.4. The van der Waals surface area contributed by atoms with Gasteiger partial charge >= 0.3 is 5.97 Å². The predicted octanol–water partition coefficient (Wildman–Crippen LogP) is 7.20. The van der Waals surface area contributed by atoms with Crippen molar-refractivity contribution in [3.8, 4) is 17.0 Å². The van der Waals surface area contributed by atoms with Gasteiger partial charge in [-0.1, -0.05) is 46.1 Å². The molecule has 0 spiro atoms. The molecule has 5 rings (SSSR count). The summed E-state index contributed by atoms with van der Waals surface area (Å²) < 4.78 is 8.28. The maximum atomic E-state index is 13.1. The number of carbonyl (C=O) groups is 3. The van der Waals surface area contributed by atoms with Gasteiger partial charge in [-0.3, -0.25) is 9.59 Å². The van der Waals surface area contributed by atoms with Crippen molar-refractivity contribution in [1.82, 2.24) is 14.4 Å². The van der Waals surface area contributed by atoms with Gasteiger partial charge in [0, 0.05) is 39.0 Å². The SMILES string of the molecule is CN(C)C(=O)Cn1c(-c2ccc(OCC3CCN(C(=O)CC(C)(C)C)CC3)cc2)c(C2CCCCC2)c2ccc(C(=O)O)cc21. The molecular formula is C37H49N3O5. The molecule has 0 radical (unpaired) electrons. The normalized spacial score (nSPS) is 16.6. The van der Waals surface area contributed by atoms with Gasteiger partial charge in [0.2, 0.25) is 11.8 Å². The molecule has 1 saturated carbocycles. The zero-order valence-electron chi connectivity index (χ0n) is 27.6. The van der Waals surface area contributed by atoms with E-state index in [1.165, 1.54) is 12.0 Å². The van der Waals surface area contributed by atoms with Gasteiger partial charge in [-0.25, -0.2) is 4.79 Å². The van der Waals surface area contributed by atoms with Crippen LogP contribution in [-0.2, 0) is 16.1 Å². The highest BCUT2D eigenvalue weighted by atomic mass is 16.5. The smallest absolute Gasteiger partial charge is 0.335 e. The second-order valence-corrected chi connectivity index (χ2v) is 14.4. The molecule has 1 aliphatic carbocycles. The van der Waals surface area contributed by atoms with Crippen LogP contribution in [0.25, 0.3) is 22.2 Å². The maximum Gasteiger partial charge on any atom is 0.335 e. The molecule has 3 aromatic rings. The number of ether oxygens (including phenoxy) is 1. The molecular weight excluding hydrogens is 566 g/mol. The molecule has 1 N–H and O–H groups in total. The topological polar surface area (TPSA) is 92.1 Å². The fourth-order valence-corrected chi connectivity index (χ4v) is 6.90. The molecule has 1 aromatic heterocycles. The van der Waals surface area contributed by atoms with E-state index in [1.807, 2.05) is 27.7 Å². The van der Waals surface area contributed by atoms with Crippen molar-refractivity contribution in [3.05, 3.63) is 53.6 Å². The average molecular weight is 616 g/mol. The van der Waals surface area contributed by atoms with Crippen molar-refractivity contribution in [1.29, 1.82) is 0 Å². The van der Waals surface area contributed by atoms with Gasteiger partial charge in [-0.15, -0.1) is 0 Å². The van der Waals surface area contributed by atoms with Crippen molar-refractivity contribution in [2.75, 3.05) is 33.8 Å².